The van der Waals surface area contributed by atoms with Crippen LogP contribution in [0.1, 0.15) is 33.1 Å². The zero-order valence-corrected chi connectivity index (χ0v) is 8.68. The van der Waals surface area contributed by atoms with Crippen LogP contribution in [-0.4, -0.2) is 31.6 Å². The Hall–Kier alpha value is -0.570. The SMILES string of the molecule is CCOCC(C)NC1=NCCCC1. The minimum atomic E-state index is 0.386. The fourth-order valence-corrected chi connectivity index (χ4v) is 1.44. The van der Waals surface area contributed by atoms with Crippen molar-refractivity contribution in [1.29, 1.82) is 0 Å². The molecule has 0 saturated heterocycles. The Kier molecular flexibility index (Phi) is 4.83. The van der Waals surface area contributed by atoms with Gasteiger partial charge in [-0.15, -0.1) is 0 Å². The molecule has 1 rings (SSSR count). The third-order valence-electron chi connectivity index (χ3n) is 2.11. The highest BCUT2D eigenvalue weighted by Gasteiger charge is 2.07. The standard InChI is InChI=1S/C10H20N2O/c1-3-13-8-9(2)12-10-6-4-5-7-11-10/h9H,3-8H2,1-2H3,(H,11,12). The van der Waals surface area contributed by atoms with Crippen LogP contribution >= 0.6 is 0 Å². The Balaban J connectivity index is 2.18. The Morgan fingerprint density at radius 3 is 3.00 bits per heavy atom. The molecule has 0 aliphatic carbocycles. The summed E-state index contributed by atoms with van der Waals surface area (Å²) < 4.78 is 5.32. The topological polar surface area (TPSA) is 33.6 Å². The van der Waals surface area contributed by atoms with Crippen LogP contribution in [0.3, 0.4) is 0 Å². The summed E-state index contributed by atoms with van der Waals surface area (Å²) in [6.07, 6.45) is 3.62. The van der Waals surface area contributed by atoms with Crippen molar-refractivity contribution >= 4 is 5.84 Å². The van der Waals surface area contributed by atoms with E-state index in [2.05, 4.69) is 17.2 Å². The maximum Gasteiger partial charge on any atom is 0.0965 e. The van der Waals surface area contributed by atoms with Crippen molar-refractivity contribution < 1.29 is 4.74 Å². The molecular weight excluding hydrogens is 164 g/mol. The van der Waals surface area contributed by atoms with Crippen molar-refractivity contribution in [3.63, 3.8) is 0 Å². The van der Waals surface area contributed by atoms with Crippen LogP contribution in [0.4, 0.5) is 0 Å². The molecule has 0 aromatic carbocycles. The van der Waals surface area contributed by atoms with Gasteiger partial charge in [-0.25, -0.2) is 0 Å². The second kappa shape index (κ2) is 5.97. The molecule has 0 bridgehead atoms. The molecule has 0 aromatic rings. The number of rotatable bonds is 4. The van der Waals surface area contributed by atoms with Crippen molar-refractivity contribution in [3.05, 3.63) is 0 Å². The molecule has 1 unspecified atom stereocenters. The molecule has 13 heavy (non-hydrogen) atoms. The van der Waals surface area contributed by atoms with Gasteiger partial charge in [0.1, 0.15) is 0 Å². The number of amidine groups is 1. The van der Waals surface area contributed by atoms with Crippen LogP contribution in [-0.2, 0) is 4.74 Å². The summed E-state index contributed by atoms with van der Waals surface area (Å²) in [7, 11) is 0. The number of hydrogen-bond donors (Lipinski definition) is 1. The van der Waals surface area contributed by atoms with E-state index in [9.17, 15) is 0 Å². The van der Waals surface area contributed by atoms with E-state index in [0.29, 0.717) is 6.04 Å². The minimum absolute atomic E-state index is 0.386. The van der Waals surface area contributed by atoms with Crippen molar-refractivity contribution in [2.75, 3.05) is 19.8 Å². The lowest BCUT2D eigenvalue weighted by molar-refractivity contribution is 0.132. The Bertz CT molecular complexity index is 168. The Morgan fingerprint density at radius 1 is 1.54 bits per heavy atom. The van der Waals surface area contributed by atoms with Gasteiger partial charge >= 0.3 is 0 Å². The molecule has 3 nitrogen and oxygen atoms in total. The van der Waals surface area contributed by atoms with Crippen LogP contribution in [0.15, 0.2) is 4.99 Å². The van der Waals surface area contributed by atoms with Crippen molar-refractivity contribution in [1.82, 2.24) is 5.32 Å². The van der Waals surface area contributed by atoms with E-state index in [1.165, 1.54) is 18.7 Å². The zero-order chi connectivity index (χ0) is 9.52. The van der Waals surface area contributed by atoms with Crippen molar-refractivity contribution in [3.8, 4) is 0 Å². The van der Waals surface area contributed by atoms with Gasteiger partial charge in [0.25, 0.3) is 0 Å². The molecule has 0 aromatic heterocycles. The summed E-state index contributed by atoms with van der Waals surface area (Å²) in [6.45, 7) is 6.70. The molecule has 1 N–H and O–H groups in total. The van der Waals surface area contributed by atoms with Gasteiger partial charge in [0.15, 0.2) is 0 Å². The summed E-state index contributed by atoms with van der Waals surface area (Å²) in [4.78, 5) is 4.43. The summed E-state index contributed by atoms with van der Waals surface area (Å²) in [5, 5.41) is 3.38. The molecule has 76 valence electrons. The molecule has 1 aliphatic rings. The second-order valence-electron chi connectivity index (χ2n) is 3.49. The highest BCUT2D eigenvalue weighted by Crippen LogP contribution is 2.04. The molecule has 0 saturated carbocycles. The van der Waals surface area contributed by atoms with E-state index in [-0.39, 0.29) is 0 Å². The van der Waals surface area contributed by atoms with Gasteiger partial charge in [-0.1, -0.05) is 0 Å². The number of ether oxygens (including phenoxy) is 1. The van der Waals surface area contributed by atoms with Gasteiger partial charge < -0.3 is 10.1 Å². The van der Waals surface area contributed by atoms with Gasteiger partial charge in [-0.3, -0.25) is 4.99 Å². The average Bonchev–Trinajstić information content (AvgIpc) is 2.16. The summed E-state index contributed by atoms with van der Waals surface area (Å²) >= 11 is 0. The highest BCUT2D eigenvalue weighted by atomic mass is 16.5. The minimum Gasteiger partial charge on any atom is -0.380 e. The first-order chi connectivity index (χ1) is 6.33. The van der Waals surface area contributed by atoms with E-state index in [1.54, 1.807) is 0 Å². The molecule has 3 heteroatoms. The van der Waals surface area contributed by atoms with Gasteiger partial charge in [-0.2, -0.15) is 0 Å². The first-order valence-corrected chi connectivity index (χ1v) is 5.20. The molecule has 0 spiro atoms. The van der Waals surface area contributed by atoms with E-state index in [4.69, 9.17) is 4.74 Å². The lowest BCUT2D eigenvalue weighted by Crippen LogP contribution is -2.36. The van der Waals surface area contributed by atoms with Crippen LogP contribution in [0.2, 0.25) is 0 Å². The molecule has 0 radical (unpaired) electrons. The number of nitrogens with one attached hydrogen (secondary N) is 1. The lowest BCUT2D eigenvalue weighted by atomic mass is 10.1. The molecule has 0 fully saturated rings. The summed E-state index contributed by atoms with van der Waals surface area (Å²) in [5.41, 5.74) is 0. The Morgan fingerprint density at radius 2 is 2.38 bits per heavy atom. The fraction of sp³-hybridized carbons (Fsp3) is 0.900. The van der Waals surface area contributed by atoms with Gasteiger partial charge in [-0.05, 0) is 26.7 Å². The van der Waals surface area contributed by atoms with E-state index < -0.39 is 0 Å². The maximum atomic E-state index is 5.32. The normalized spacial score (nSPS) is 19.4. The van der Waals surface area contributed by atoms with Crippen LogP contribution in [0, 0.1) is 0 Å². The number of aliphatic imine (C=N–C) groups is 1. The predicted octanol–water partition coefficient (Wildman–Crippen LogP) is 1.58. The monoisotopic (exact) mass is 184 g/mol. The van der Waals surface area contributed by atoms with Gasteiger partial charge in [0.2, 0.25) is 0 Å². The van der Waals surface area contributed by atoms with E-state index in [0.717, 1.165) is 26.2 Å². The van der Waals surface area contributed by atoms with Crippen LogP contribution in [0.5, 0.6) is 0 Å². The third kappa shape index (κ3) is 4.27. The Labute approximate surface area is 80.6 Å². The maximum absolute atomic E-state index is 5.32. The van der Waals surface area contributed by atoms with Crippen LogP contribution < -0.4 is 5.32 Å². The second-order valence-corrected chi connectivity index (χ2v) is 3.49. The zero-order valence-electron chi connectivity index (χ0n) is 8.68. The molecule has 1 aliphatic heterocycles. The number of nitrogens with zero attached hydrogens (tertiary/aromatic N) is 1. The first-order valence-electron chi connectivity index (χ1n) is 5.20. The third-order valence-corrected chi connectivity index (χ3v) is 2.11. The van der Waals surface area contributed by atoms with Crippen molar-refractivity contribution in [2.45, 2.75) is 39.2 Å². The predicted molar refractivity (Wildman–Crippen MR) is 55.2 cm³/mol. The van der Waals surface area contributed by atoms with Crippen molar-refractivity contribution in [2.24, 2.45) is 4.99 Å². The van der Waals surface area contributed by atoms with Gasteiger partial charge in [0, 0.05) is 25.6 Å². The largest absolute Gasteiger partial charge is 0.380 e. The quantitative estimate of drug-likeness (QED) is 0.719. The summed E-state index contributed by atoms with van der Waals surface area (Å²) in [6, 6.07) is 0.386. The smallest absolute Gasteiger partial charge is 0.0965 e. The average molecular weight is 184 g/mol. The summed E-state index contributed by atoms with van der Waals surface area (Å²) in [5.74, 6) is 1.17. The molecular formula is C10H20N2O. The van der Waals surface area contributed by atoms with Crippen LogP contribution in [0.25, 0.3) is 0 Å². The highest BCUT2D eigenvalue weighted by molar-refractivity contribution is 5.82. The van der Waals surface area contributed by atoms with E-state index in [1.807, 2.05) is 6.92 Å². The number of hydrogen-bond acceptors (Lipinski definition) is 3. The lowest BCUT2D eigenvalue weighted by Gasteiger charge is -2.19. The fourth-order valence-electron chi connectivity index (χ4n) is 1.44. The van der Waals surface area contributed by atoms with E-state index >= 15 is 0 Å². The molecule has 1 heterocycles. The van der Waals surface area contributed by atoms with Gasteiger partial charge in [0.05, 0.1) is 12.4 Å². The molecule has 0 amide bonds. The first kappa shape index (κ1) is 10.5. The molecule has 1 atom stereocenters.